The fourth-order valence-electron chi connectivity index (χ4n) is 1.38. The summed E-state index contributed by atoms with van der Waals surface area (Å²) in [6.07, 6.45) is 1.87. The van der Waals surface area contributed by atoms with Crippen molar-refractivity contribution in [3.8, 4) is 0 Å². The molecule has 1 amide bonds. The quantitative estimate of drug-likeness (QED) is 0.533. The SMILES string of the molecule is CCCC(C)N(C)C(=O)C(N)C(=O)OCC. The van der Waals surface area contributed by atoms with Gasteiger partial charge in [-0.15, -0.1) is 0 Å². The summed E-state index contributed by atoms with van der Waals surface area (Å²) in [4.78, 5) is 24.6. The maximum Gasteiger partial charge on any atom is 0.332 e. The molecule has 5 nitrogen and oxygen atoms in total. The molecule has 0 aliphatic rings. The highest BCUT2D eigenvalue weighted by atomic mass is 16.5. The summed E-state index contributed by atoms with van der Waals surface area (Å²) >= 11 is 0. The lowest BCUT2D eigenvalue weighted by atomic mass is 10.1. The van der Waals surface area contributed by atoms with Gasteiger partial charge in [0.25, 0.3) is 5.91 Å². The molecule has 0 fully saturated rings. The van der Waals surface area contributed by atoms with Crippen molar-refractivity contribution in [3.63, 3.8) is 0 Å². The second-order valence-electron chi connectivity index (χ2n) is 3.82. The lowest BCUT2D eigenvalue weighted by Crippen LogP contribution is -2.50. The standard InChI is InChI=1S/C11H22N2O3/c1-5-7-8(3)13(4)10(14)9(12)11(15)16-6-2/h8-9H,5-7,12H2,1-4H3. The van der Waals surface area contributed by atoms with Crippen molar-refractivity contribution >= 4 is 11.9 Å². The maximum absolute atomic E-state index is 11.8. The topological polar surface area (TPSA) is 72.6 Å². The largest absolute Gasteiger partial charge is 0.464 e. The molecule has 0 rings (SSSR count). The zero-order valence-electron chi connectivity index (χ0n) is 10.5. The van der Waals surface area contributed by atoms with Gasteiger partial charge in [-0.2, -0.15) is 0 Å². The molecule has 0 aliphatic carbocycles. The van der Waals surface area contributed by atoms with E-state index >= 15 is 0 Å². The van der Waals surface area contributed by atoms with Crippen LogP contribution in [0.2, 0.25) is 0 Å². The number of likely N-dealkylation sites (N-methyl/N-ethyl adjacent to an activating group) is 1. The van der Waals surface area contributed by atoms with Crippen molar-refractivity contribution in [1.29, 1.82) is 0 Å². The average Bonchev–Trinajstić information content (AvgIpc) is 2.26. The molecular formula is C11H22N2O3. The van der Waals surface area contributed by atoms with Crippen molar-refractivity contribution < 1.29 is 14.3 Å². The highest BCUT2D eigenvalue weighted by Gasteiger charge is 2.28. The van der Waals surface area contributed by atoms with Gasteiger partial charge < -0.3 is 15.4 Å². The summed E-state index contributed by atoms with van der Waals surface area (Å²) in [6.45, 7) is 5.88. The molecule has 0 saturated heterocycles. The van der Waals surface area contributed by atoms with Crippen LogP contribution < -0.4 is 5.73 Å². The van der Waals surface area contributed by atoms with Crippen molar-refractivity contribution in [2.75, 3.05) is 13.7 Å². The number of nitrogens with zero attached hydrogens (tertiary/aromatic N) is 1. The predicted molar refractivity (Wildman–Crippen MR) is 61.7 cm³/mol. The lowest BCUT2D eigenvalue weighted by molar-refractivity contribution is -0.151. The second kappa shape index (κ2) is 7.22. The Bertz CT molecular complexity index is 243. The molecule has 0 bridgehead atoms. The van der Waals surface area contributed by atoms with E-state index in [1.165, 1.54) is 4.90 Å². The minimum atomic E-state index is -1.20. The molecule has 94 valence electrons. The van der Waals surface area contributed by atoms with Gasteiger partial charge in [0.2, 0.25) is 0 Å². The number of esters is 1. The van der Waals surface area contributed by atoms with E-state index in [4.69, 9.17) is 10.5 Å². The molecule has 0 saturated carbocycles. The number of hydrogen-bond acceptors (Lipinski definition) is 4. The van der Waals surface area contributed by atoms with Crippen LogP contribution in [0.1, 0.15) is 33.6 Å². The van der Waals surface area contributed by atoms with E-state index in [0.29, 0.717) is 0 Å². The molecule has 16 heavy (non-hydrogen) atoms. The van der Waals surface area contributed by atoms with Gasteiger partial charge in [-0.3, -0.25) is 4.79 Å². The van der Waals surface area contributed by atoms with E-state index in [9.17, 15) is 9.59 Å². The van der Waals surface area contributed by atoms with E-state index in [-0.39, 0.29) is 18.6 Å². The summed E-state index contributed by atoms with van der Waals surface area (Å²) in [5.41, 5.74) is 5.52. The number of nitrogens with two attached hydrogens (primary N) is 1. The van der Waals surface area contributed by atoms with Crippen molar-refractivity contribution in [2.24, 2.45) is 5.73 Å². The Kier molecular flexibility index (Phi) is 6.72. The number of amides is 1. The predicted octanol–water partition coefficient (Wildman–Crippen LogP) is 0.524. The zero-order chi connectivity index (χ0) is 12.7. The molecule has 5 heteroatoms. The second-order valence-corrected chi connectivity index (χ2v) is 3.82. The molecule has 0 aliphatic heterocycles. The first-order chi connectivity index (χ1) is 7.45. The third kappa shape index (κ3) is 4.18. The first-order valence-corrected chi connectivity index (χ1v) is 5.64. The average molecular weight is 230 g/mol. The third-order valence-electron chi connectivity index (χ3n) is 2.52. The van der Waals surface area contributed by atoms with Crippen molar-refractivity contribution in [2.45, 2.75) is 45.7 Å². The fourth-order valence-corrected chi connectivity index (χ4v) is 1.38. The van der Waals surface area contributed by atoms with Gasteiger partial charge in [-0.1, -0.05) is 13.3 Å². The van der Waals surface area contributed by atoms with Crippen LogP contribution in [-0.2, 0) is 14.3 Å². The van der Waals surface area contributed by atoms with Crippen LogP contribution in [0.5, 0.6) is 0 Å². The summed E-state index contributed by atoms with van der Waals surface area (Å²) in [5.74, 6) is -1.05. The van der Waals surface area contributed by atoms with Crippen molar-refractivity contribution in [3.05, 3.63) is 0 Å². The molecule has 0 aromatic rings. The molecule has 0 aromatic carbocycles. The molecular weight excluding hydrogens is 208 g/mol. The molecule has 2 unspecified atom stereocenters. The van der Waals surface area contributed by atoms with Crippen LogP contribution in [0.25, 0.3) is 0 Å². The van der Waals surface area contributed by atoms with Gasteiger partial charge >= 0.3 is 5.97 Å². The van der Waals surface area contributed by atoms with Gasteiger partial charge in [0.15, 0.2) is 6.04 Å². The first kappa shape index (κ1) is 14.9. The van der Waals surface area contributed by atoms with Crippen LogP contribution >= 0.6 is 0 Å². The number of rotatable bonds is 6. The summed E-state index contributed by atoms with van der Waals surface area (Å²) in [6, 6.07) is -1.12. The minimum absolute atomic E-state index is 0.0815. The Labute approximate surface area is 96.9 Å². The molecule has 0 spiro atoms. The van der Waals surface area contributed by atoms with Gasteiger partial charge in [-0.25, -0.2) is 4.79 Å². The fraction of sp³-hybridized carbons (Fsp3) is 0.818. The maximum atomic E-state index is 11.8. The van der Waals surface area contributed by atoms with Crippen LogP contribution in [-0.4, -0.2) is 42.5 Å². The number of hydrogen-bond donors (Lipinski definition) is 1. The Hall–Kier alpha value is -1.10. The molecule has 0 heterocycles. The number of carbonyl (C=O) groups excluding carboxylic acids is 2. The van der Waals surface area contributed by atoms with E-state index in [2.05, 4.69) is 0 Å². The van der Waals surface area contributed by atoms with E-state index in [1.807, 2.05) is 13.8 Å². The first-order valence-electron chi connectivity index (χ1n) is 5.64. The summed E-state index contributed by atoms with van der Waals surface area (Å²) < 4.78 is 4.70. The smallest absolute Gasteiger partial charge is 0.332 e. The van der Waals surface area contributed by atoms with Gasteiger partial charge in [0.05, 0.1) is 6.61 Å². The Morgan fingerprint density at radius 3 is 2.38 bits per heavy atom. The lowest BCUT2D eigenvalue weighted by Gasteiger charge is -2.26. The van der Waals surface area contributed by atoms with Crippen LogP contribution in [0.4, 0.5) is 0 Å². The number of ether oxygens (including phenoxy) is 1. The Morgan fingerprint density at radius 2 is 1.94 bits per heavy atom. The Morgan fingerprint density at radius 1 is 1.38 bits per heavy atom. The van der Waals surface area contributed by atoms with E-state index in [0.717, 1.165) is 12.8 Å². The minimum Gasteiger partial charge on any atom is -0.464 e. The zero-order valence-corrected chi connectivity index (χ0v) is 10.5. The highest BCUT2D eigenvalue weighted by molar-refractivity contribution is 6.01. The van der Waals surface area contributed by atoms with Gasteiger partial charge in [-0.05, 0) is 20.3 Å². The summed E-state index contributed by atoms with van der Waals surface area (Å²) in [5, 5.41) is 0. The molecule has 2 atom stereocenters. The summed E-state index contributed by atoms with van der Waals surface area (Å²) in [7, 11) is 1.65. The van der Waals surface area contributed by atoms with Crippen molar-refractivity contribution in [1.82, 2.24) is 4.90 Å². The Balaban J connectivity index is 4.36. The number of carbonyl (C=O) groups is 2. The van der Waals surface area contributed by atoms with Crippen LogP contribution in [0.3, 0.4) is 0 Å². The molecule has 0 aromatic heterocycles. The molecule has 0 radical (unpaired) electrons. The normalized spacial score (nSPS) is 14.1. The van der Waals surface area contributed by atoms with E-state index in [1.54, 1.807) is 14.0 Å². The van der Waals surface area contributed by atoms with Crippen LogP contribution in [0.15, 0.2) is 0 Å². The van der Waals surface area contributed by atoms with E-state index < -0.39 is 12.0 Å². The monoisotopic (exact) mass is 230 g/mol. The molecule has 2 N–H and O–H groups in total. The third-order valence-corrected chi connectivity index (χ3v) is 2.52. The van der Waals surface area contributed by atoms with Crippen LogP contribution in [0, 0.1) is 0 Å². The highest BCUT2D eigenvalue weighted by Crippen LogP contribution is 2.05. The van der Waals surface area contributed by atoms with Gasteiger partial charge in [0.1, 0.15) is 0 Å². The van der Waals surface area contributed by atoms with Gasteiger partial charge in [0, 0.05) is 13.1 Å².